The highest BCUT2D eigenvalue weighted by Gasteiger charge is 2.37. The van der Waals surface area contributed by atoms with Crippen LogP contribution in [0.15, 0.2) is 77.9 Å². The maximum absolute atomic E-state index is 14.1. The summed E-state index contributed by atoms with van der Waals surface area (Å²) in [6, 6.07) is 14.7. The molecule has 350 valence electrons. The van der Waals surface area contributed by atoms with Crippen LogP contribution in [0.25, 0.3) is 21.6 Å². The van der Waals surface area contributed by atoms with Crippen molar-refractivity contribution >= 4 is 59.8 Å². The van der Waals surface area contributed by atoms with Crippen molar-refractivity contribution in [3.63, 3.8) is 0 Å². The van der Waals surface area contributed by atoms with Crippen LogP contribution in [0.2, 0.25) is 0 Å². The Kier molecular flexibility index (Phi) is 17.1. The van der Waals surface area contributed by atoms with Crippen LogP contribution in [0.3, 0.4) is 0 Å². The second-order valence-corrected chi connectivity index (χ2v) is 16.9. The molecule has 4 atom stereocenters. The molecule has 21 heteroatoms. The lowest BCUT2D eigenvalue weighted by atomic mass is 9.98. The fourth-order valence-corrected chi connectivity index (χ4v) is 6.74. The third-order valence-corrected chi connectivity index (χ3v) is 9.51. The van der Waals surface area contributed by atoms with E-state index >= 15 is 0 Å². The molecule has 0 spiro atoms. The molecule has 3 aromatic rings. The number of alkyl carbamates (subject to hydrolysis) is 1. The maximum Gasteiger partial charge on any atom is 0.421 e. The van der Waals surface area contributed by atoms with E-state index in [0.717, 1.165) is 29.2 Å². The number of carboxylic acid groups (broad SMARTS) is 1. The Balaban J connectivity index is 1.65. The summed E-state index contributed by atoms with van der Waals surface area (Å²) in [6.07, 6.45) is -5.58. The zero-order valence-corrected chi connectivity index (χ0v) is 37.3. The van der Waals surface area contributed by atoms with Crippen molar-refractivity contribution < 1.29 is 67.2 Å². The molecule has 3 aromatic carbocycles. The van der Waals surface area contributed by atoms with Gasteiger partial charge in [-0.25, -0.2) is 19.3 Å². The number of Topliss-reactive ketones (excluding diaryl/α,β-unsaturated/α-hetero) is 1. The number of ketones is 1. The summed E-state index contributed by atoms with van der Waals surface area (Å²) in [4.78, 5) is 121. The minimum absolute atomic E-state index is 0.131. The number of carboxylic acids is 1. The van der Waals surface area contributed by atoms with Gasteiger partial charge >= 0.3 is 30.1 Å². The van der Waals surface area contributed by atoms with Crippen LogP contribution in [0.1, 0.15) is 88.7 Å². The first-order valence-electron chi connectivity index (χ1n) is 20.5. The van der Waals surface area contributed by atoms with Crippen LogP contribution >= 0.6 is 0 Å². The number of nitrogens with one attached hydrogen (secondary N) is 3. The van der Waals surface area contributed by atoms with Gasteiger partial charge in [0.25, 0.3) is 0 Å². The van der Waals surface area contributed by atoms with Crippen LogP contribution in [0, 0.1) is 0 Å². The Morgan fingerprint density at radius 2 is 1.39 bits per heavy atom. The van der Waals surface area contributed by atoms with E-state index in [4.69, 9.17) is 24.5 Å². The summed E-state index contributed by atoms with van der Waals surface area (Å²) in [5.41, 5.74) is 10.2. The van der Waals surface area contributed by atoms with Crippen LogP contribution in [-0.2, 0) is 47.7 Å². The number of benzene rings is 3. The number of nitrogens with zero attached hydrogens (tertiary/aromatic N) is 4. The first-order valence-corrected chi connectivity index (χ1v) is 20.5. The Bertz CT molecular complexity index is 2360. The summed E-state index contributed by atoms with van der Waals surface area (Å²) >= 11 is 0. The van der Waals surface area contributed by atoms with Crippen molar-refractivity contribution in [1.82, 2.24) is 16.0 Å². The maximum atomic E-state index is 14.1. The summed E-state index contributed by atoms with van der Waals surface area (Å²) in [5.74, 6) is -7.54. The summed E-state index contributed by atoms with van der Waals surface area (Å²) < 4.78 is 21.7. The smallest absolute Gasteiger partial charge is 0.421 e. The summed E-state index contributed by atoms with van der Waals surface area (Å²) in [5, 5.41) is 19.1. The van der Waals surface area contributed by atoms with Gasteiger partial charge in [0.15, 0.2) is 5.78 Å². The Labute approximate surface area is 379 Å². The van der Waals surface area contributed by atoms with E-state index in [-0.39, 0.29) is 24.3 Å². The van der Waals surface area contributed by atoms with Gasteiger partial charge in [-0.15, -0.1) is 0 Å². The highest BCUT2D eigenvalue weighted by molar-refractivity contribution is 6.11. The number of amides is 5. The second kappa shape index (κ2) is 22.2. The van der Waals surface area contributed by atoms with Crippen molar-refractivity contribution in [2.24, 2.45) is 5.11 Å². The van der Waals surface area contributed by atoms with Crippen LogP contribution in [0.4, 0.5) is 15.3 Å². The molecule has 0 heterocycles. The van der Waals surface area contributed by atoms with Gasteiger partial charge in [-0.05, 0) is 88.4 Å². The monoisotopic (exact) mass is 913 g/mol. The summed E-state index contributed by atoms with van der Waals surface area (Å²) in [6.45, 7) is 9.29. The second-order valence-electron chi connectivity index (χ2n) is 16.9. The molecule has 0 unspecified atom stereocenters. The van der Waals surface area contributed by atoms with Gasteiger partial charge in [0.1, 0.15) is 48.6 Å². The van der Waals surface area contributed by atoms with Gasteiger partial charge in [0.05, 0.1) is 12.1 Å². The zero-order chi connectivity index (χ0) is 48.9. The molecule has 1 aliphatic carbocycles. The lowest BCUT2D eigenvalue weighted by molar-refractivity contribution is -0.156. The third kappa shape index (κ3) is 14.1. The number of ether oxygens (including phenoxy) is 4. The molecule has 5 amide bonds. The predicted octanol–water partition coefficient (Wildman–Crippen LogP) is 5.09. The van der Waals surface area contributed by atoms with Crippen LogP contribution < -0.4 is 20.9 Å². The first-order chi connectivity index (χ1) is 31.0. The molecule has 21 nitrogen and oxygen atoms in total. The van der Waals surface area contributed by atoms with E-state index in [9.17, 15) is 48.3 Å². The molecule has 0 aromatic heterocycles. The van der Waals surface area contributed by atoms with Crippen LogP contribution in [0.5, 0.6) is 0 Å². The quantitative estimate of drug-likeness (QED) is 0.0232. The summed E-state index contributed by atoms with van der Waals surface area (Å²) in [7, 11) is 0. The zero-order valence-electron chi connectivity index (χ0n) is 37.3. The Morgan fingerprint density at radius 3 is 1.95 bits per heavy atom. The van der Waals surface area contributed by atoms with Gasteiger partial charge in [0.2, 0.25) is 18.2 Å². The number of rotatable bonds is 19. The van der Waals surface area contributed by atoms with Crippen molar-refractivity contribution in [1.29, 1.82) is 0 Å². The fraction of sp³-hybridized carbons (Fsp3) is 0.400. The van der Waals surface area contributed by atoms with Crippen molar-refractivity contribution in [2.75, 3.05) is 18.1 Å². The average molecular weight is 914 g/mol. The van der Waals surface area contributed by atoms with E-state index in [2.05, 4.69) is 20.7 Å². The molecule has 0 saturated carbocycles. The predicted molar refractivity (Wildman–Crippen MR) is 234 cm³/mol. The van der Waals surface area contributed by atoms with Gasteiger partial charge < -0.3 is 40.0 Å². The minimum atomic E-state index is -1.93. The van der Waals surface area contributed by atoms with Gasteiger partial charge in [-0.2, -0.15) is 0 Å². The van der Waals surface area contributed by atoms with Crippen molar-refractivity contribution in [3.05, 3.63) is 99.9 Å². The molecule has 0 saturated heterocycles. The number of azide groups is 1. The number of anilines is 1. The molecular weight excluding hydrogens is 863 g/mol. The molecular formula is C45H51N7O14. The third-order valence-electron chi connectivity index (χ3n) is 9.51. The van der Waals surface area contributed by atoms with Crippen LogP contribution in [-0.4, -0.2) is 108 Å². The highest BCUT2D eigenvalue weighted by atomic mass is 16.6. The van der Waals surface area contributed by atoms with Gasteiger partial charge in [-0.1, -0.05) is 65.8 Å². The number of hydrogen-bond donors (Lipinski definition) is 4. The number of esters is 2. The fourth-order valence-electron chi connectivity index (χ4n) is 6.74. The number of hydrogen-bond acceptors (Lipinski definition) is 14. The van der Waals surface area contributed by atoms with E-state index in [1.54, 1.807) is 41.5 Å². The molecule has 0 bridgehead atoms. The van der Waals surface area contributed by atoms with E-state index < -0.39 is 108 Å². The first kappa shape index (κ1) is 50.8. The molecule has 66 heavy (non-hydrogen) atoms. The molecule has 0 aliphatic heterocycles. The normalized spacial score (nSPS) is 13.6. The van der Waals surface area contributed by atoms with E-state index in [0.29, 0.717) is 4.90 Å². The number of carbonyl (C=O) groups excluding carboxylic acids is 8. The molecule has 1 aliphatic rings. The molecule has 0 fully saturated rings. The number of imide groups is 1. The van der Waals surface area contributed by atoms with E-state index in [1.807, 2.05) is 53.8 Å². The molecule has 4 rings (SSSR count). The van der Waals surface area contributed by atoms with Crippen molar-refractivity contribution in [2.45, 2.75) is 103 Å². The number of carbonyl (C=O) groups is 9. The standard InChI is InChI=1S/C45H51N7O14/c1-25(38(40(59)47-22-36(55)56)49-39(58)32(50-51-46)21-37(57)65-44(2,3)4)64-41(60)33(20-35(54)30-18-12-13-19-34(30)52(24-53)43(62)66-45(5,6)7)48-42(61)63-23-31-28-16-10-8-14-26(28)27-15-9-11-17-29(27)31/h8-19,24-25,31-33,38H,20-23H2,1-7H3,(H,47,59)(H,48,61)(H,49,58)(H,55,56)/t25-,32+,33+,38+/m1/s1. The molecule has 0 radical (unpaired) electrons. The Hall–Kier alpha value is -7.80. The number of aliphatic carboxylic acids is 1. The minimum Gasteiger partial charge on any atom is -0.480 e. The lowest BCUT2D eigenvalue weighted by Gasteiger charge is -2.27. The van der Waals surface area contributed by atoms with Gasteiger partial charge in [0, 0.05) is 22.8 Å². The number of fused-ring (bicyclic) bond motifs is 3. The van der Waals surface area contributed by atoms with Gasteiger partial charge in [-0.3, -0.25) is 28.8 Å². The highest BCUT2D eigenvalue weighted by Crippen LogP contribution is 2.44. The number of para-hydroxylation sites is 1. The Morgan fingerprint density at radius 1 is 0.818 bits per heavy atom. The largest absolute Gasteiger partial charge is 0.480 e. The average Bonchev–Trinajstić information content (AvgIpc) is 3.55. The topological polar surface area (TPSA) is 299 Å². The van der Waals surface area contributed by atoms with E-state index in [1.165, 1.54) is 24.3 Å². The van der Waals surface area contributed by atoms with Crippen molar-refractivity contribution in [3.8, 4) is 11.1 Å². The lowest BCUT2D eigenvalue weighted by Crippen LogP contribution is -2.57. The molecule has 4 N–H and O–H groups in total. The SMILES string of the molecule is C[C@@H](OC(=O)[C@H](CC(=O)c1ccccc1N(C=O)C(=O)OC(C)(C)C)NC(=O)OCC1c2ccccc2-c2ccccc21)[C@H](NC(=O)[C@H](CC(=O)OC(C)(C)C)N=[N+]=[N-])C(=O)NCC(=O)O.